The Morgan fingerprint density at radius 2 is 1.78 bits per heavy atom. The number of halogens is 1. The molecular formula is C22H25FN2O2. The minimum atomic E-state index is -0.314. The molecular weight excluding hydrogens is 343 g/mol. The van der Waals surface area contributed by atoms with Gasteiger partial charge in [0.25, 0.3) is 0 Å². The van der Waals surface area contributed by atoms with E-state index >= 15 is 0 Å². The lowest BCUT2D eigenvalue weighted by Gasteiger charge is -2.30. The molecule has 1 atom stereocenters. The van der Waals surface area contributed by atoms with Crippen molar-refractivity contribution in [3.8, 4) is 0 Å². The molecule has 27 heavy (non-hydrogen) atoms. The third kappa shape index (κ3) is 5.16. The molecule has 0 saturated heterocycles. The maximum Gasteiger partial charge on any atom is 0.225 e. The number of amides is 2. The van der Waals surface area contributed by atoms with Crippen molar-refractivity contribution in [2.75, 3.05) is 6.54 Å². The molecule has 4 nitrogen and oxygen atoms in total. The fourth-order valence-electron chi connectivity index (χ4n) is 3.33. The lowest BCUT2D eigenvalue weighted by molar-refractivity contribution is -0.134. The van der Waals surface area contributed by atoms with Crippen molar-refractivity contribution in [2.45, 2.75) is 44.7 Å². The number of carbonyl (C=O) groups excluding carboxylic acids is 2. The molecule has 1 N–H and O–H groups in total. The molecule has 2 amide bonds. The Balaban J connectivity index is 1.53. The van der Waals surface area contributed by atoms with Crippen LogP contribution in [0.3, 0.4) is 0 Å². The van der Waals surface area contributed by atoms with Gasteiger partial charge in [-0.1, -0.05) is 48.5 Å². The summed E-state index contributed by atoms with van der Waals surface area (Å²) in [4.78, 5) is 26.5. The van der Waals surface area contributed by atoms with Crippen LogP contribution in [0.1, 0.15) is 43.4 Å². The number of hydrogen-bond donors (Lipinski definition) is 1. The summed E-state index contributed by atoms with van der Waals surface area (Å²) in [5.41, 5.74) is 1.47. The maximum absolute atomic E-state index is 14.1. The van der Waals surface area contributed by atoms with Gasteiger partial charge in [0.15, 0.2) is 0 Å². The highest BCUT2D eigenvalue weighted by Gasteiger charge is 2.36. The van der Waals surface area contributed by atoms with Crippen molar-refractivity contribution in [1.29, 1.82) is 0 Å². The topological polar surface area (TPSA) is 49.4 Å². The number of nitrogens with zero attached hydrogens (tertiary/aromatic N) is 1. The first-order valence-corrected chi connectivity index (χ1v) is 9.42. The summed E-state index contributed by atoms with van der Waals surface area (Å²) in [6.07, 6.45) is 2.42. The smallest absolute Gasteiger partial charge is 0.225 e. The first-order valence-electron chi connectivity index (χ1n) is 9.42. The average Bonchev–Trinajstić information content (AvgIpc) is 3.48. The van der Waals surface area contributed by atoms with Crippen molar-refractivity contribution in [1.82, 2.24) is 10.2 Å². The lowest BCUT2D eigenvalue weighted by Crippen LogP contribution is -2.38. The molecule has 0 spiro atoms. The molecule has 1 fully saturated rings. The number of hydrogen-bond acceptors (Lipinski definition) is 2. The summed E-state index contributed by atoms with van der Waals surface area (Å²) in [7, 11) is 0. The van der Waals surface area contributed by atoms with Crippen LogP contribution in [0.15, 0.2) is 54.6 Å². The Morgan fingerprint density at radius 1 is 1.11 bits per heavy atom. The van der Waals surface area contributed by atoms with E-state index in [1.165, 1.54) is 6.07 Å². The van der Waals surface area contributed by atoms with E-state index in [0.29, 0.717) is 12.0 Å². The van der Waals surface area contributed by atoms with Gasteiger partial charge in [-0.15, -0.1) is 0 Å². The van der Waals surface area contributed by atoms with Crippen molar-refractivity contribution in [3.05, 3.63) is 71.5 Å². The minimum Gasteiger partial charge on any atom is -0.355 e. The highest BCUT2D eigenvalue weighted by Crippen LogP contribution is 2.35. The predicted molar refractivity (Wildman–Crippen MR) is 102 cm³/mol. The molecule has 1 aliphatic rings. The van der Waals surface area contributed by atoms with Crippen molar-refractivity contribution in [2.24, 2.45) is 0 Å². The highest BCUT2D eigenvalue weighted by atomic mass is 19.1. The van der Waals surface area contributed by atoms with Gasteiger partial charge < -0.3 is 10.2 Å². The van der Waals surface area contributed by atoms with E-state index in [4.69, 9.17) is 0 Å². The minimum absolute atomic E-state index is 0.0479. The summed E-state index contributed by atoms with van der Waals surface area (Å²) < 4.78 is 14.1. The Morgan fingerprint density at radius 3 is 2.44 bits per heavy atom. The second-order valence-corrected chi connectivity index (χ2v) is 6.99. The highest BCUT2D eigenvalue weighted by molar-refractivity contribution is 5.81. The van der Waals surface area contributed by atoms with Crippen molar-refractivity contribution >= 4 is 11.8 Å². The van der Waals surface area contributed by atoms with Crippen LogP contribution in [-0.4, -0.2) is 29.3 Å². The third-order valence-corrected chi connectivity index (χ3v) is 4.87. The molecule has 1 aliphatic carbocycles. The molecule has 1 unspecified atom stereocenters. The van der Waals surface area contributed by atoms with Gasteiger partial charge >= 0.3 is 0 Å². The van der Waals surface area contributed by atoms with Crippen LogP contribution in [0, 0.1) is 5.82 Å². The van der Waals surface area contributed by atoms with Crippen LogP contribution in [0.4, 0.5) is 4.39 Å². The molecule has 0 bridgehead atoms. The van der Waals surface area contributed by atoms with Crippen LogP contribution in [0.5, 0.6) is 0 Å². The molecule has 2 aromatic carbocycles. The average molecular weight is 368 g/mol. The van der Waals surface area contributed by atoms with E-state index in [9.17, 15) is 14.0 Å². The maximum atomic E-state index is 14.1. The number of carbonyl (C=O) groups is 2. The Bertz CT molecular complexity index is 790. The number of nitrogens with one attached hydrogen (secondary N) is 1. The summed E-state index contributed by atoms with van der Waals surface area (Å²) in [5, 5.41) is 2.81. The Kier molecular flexibility index (Phi) is 6.22. The third-order valence-electron chi connectivity index (χ3n) is 4.87. The monoisotopic (exact) mass is 368 g/mol. The summed E-state index contributed by atoms with van der Waals surface area (Å²) in [6, 6.07) is 15.9. The molecule has 0 aliphatic heterocycles. The molecule has 0 heterocycles. The van der Waals surface area contributed by atoms with Gasteiger partial charge in [0.05, 0.1) is 12.5 Å². The standard InChI is InChI=1S/C22H25FN2O2/c1-16(19-9-5-6-10-20(19)23)25(18-11-12-18)22(27)13-14-24-21(26)15-17-7-3-2-4-8-17/h2-10,16,18H,11-15H2,1H3,(H,24,26). The normalized spacial score (nSPS) is 14.4. The molecule has 5 heteroatoms. The van der Waals surface area contributed by atoms with E-state index in [1.807, 2.05) is 37.3 Å². The molecule has 2 aromatic rings. The van der Waals surface area contributed by atoms with E-state index in [1.54, 1.807) is 23.1 Å². The summed E-state index contributed by atoms with van der Waals surface area (Å²) in [5.74, 6) is -0.443. The van der Waals surface area contributed by atoms with Gasteiger partial charge in [-0.2, -0.15) is 0 Å². The van der Waals surface area contributed by atoms with E-state index in [2.05, 4.69) is 5.32 Å². The van der Waals surface area contributed by atoms with Gasteiger partial charge in [0.2, 0.25) is 11.8 Å². The molecule has 142 valence electrons. The first kappa shape index (κ1) is 19.1. The van der Waals surface area contributed by atoms with Crippen LogP contribution in [0.2, 0.25) is 0 Å². The Hall–Kier alpha value is -2.69. The molecule has 1 saturated carbocycles. The lowest BCUT2D eigenvalue weighted by atomic mass is 10.1. The van der Waals surface area contributed by atoms with Crippen LogP contribution in [-0.2, 0) is 16.0 Å². The van der Waals surface area contributed by atoms with E-state index < -0.39 is 0 Å². The number of rotatable bonds is 8. The van der Waals surface area contributed by atoms with Gasteiger partial charge in [0.1, 0.15) is 5.82 Å². The zero-order valence-corrected chi connectivity index (χ0v) is 15.5. The summed E-state index contributed by atoms with van der Waals surface area (Å²) >= 11 is 0. The SMILES string of the molecule is CC(c1ccccc1F)N(C(=O)CCNC(=O)Cc1ccccc1)C1CC1. The van der Waals surface area contributed by atoms with Crippen molar-refractivity contribution < 1.29 is 14.0 Å². The largest absolute Gasteiger partial charge is 0.355 e. The van der Waals surface area contributed by atoms with Gasteiger partial charge in [-0.25, -0.2) is 4.39 Å². The second kappa shape index (κ2) is 8.80. The molecule has 0 aromatic heterocycles. The zero-order valence-electron chi connectivity index (χ0n) is 15.5. The van der Waals surface area contributed by atoms with E-state index in [-0.39, 0.29) is 42.7 Å². The molecule has 3 rings (SSSR count). The van der Waals surface area contributed by atoms with Gasteiger partial charge in [0, 0.05) is 24.6 Å². The second-order valence-electron chi connectivity index (χ2n) is 6.99. The number of benzene rings is 2. The van der Waals surface area contributed by atoms with Crippen LogP contribution >= 0.6 is 0 Å². The summed E-state index contributed by atoms with van der Waals surface area (Å²) in [6.45, 7) is 2.15. The van der Waals surface area contributed by atoms with Crippen molar-refractivity contribution in [3.63, 3.8) is 0 Å². The van der Waals surface area contributed by atoms with Gasteiger partial charge in [-0.3, -0.25) is 9.59 Å². The quantitative estimate of drug-likeness (QED) is 0.774. The fourth-order valence-corrected chi connectivity index (χ4v) is 3.33. The predicted octanol–water partition coefficient (Wildman–Crippen LogP) is 3.63. The van der Waals surface area contributed by atoms with Crippen LogP contribution < -0.4 is 5.32 Å². The van der Waals surface area contributed by atoms with E-state index in [0.717, 1.165) is 18.4 Å². The van der Waals surface area contributed by atoms with Gasteiger partial charge in [-0.05, 0) is 31.4 Å². The van der Waals surface area contributed by atoms with Crippen LogP contribution in [0.25, 0.3) is 0 Å². The zero-order chi connectivity index (χ0) is 19.2. The Labute approximate surface area is 159 Å². The first-order chi connectivity index (χ1) is 13.1. The molecule has 0 radical (unpaired) electrons. The fraction of sp³-hybridized carbons (Fsp3) is 0.364.